The van der Waals surface area contributed by atoms with Crippen molar-refractivity contribution in [3.63, 3.8) is 0 Å². The normalized spacial score (nSPS) is 21.0. The van der Waals surface area contributed by atoms with Gasteiger partial charge in [0.2, 0.25) is 5.91 Å². The predicted octanol–water partition coefficient (Wildman–Crippen LogP) is 1.52. The van der Waals surface area contributed by atoms with E-state index >= 15 is 0 Å². The van der Waals surface area contributed by atoms with Crippen molar-refractivity contribution in [2.75, 3.05) is 31.1 Å². The lowest BCUT2D eigenvalue weighted by molar-refractivity contribution is -0.0363. The molecule has 0 aromatic heterocycles. The monoisotopic (exact) mass is 303 g/mol. The van der Waals surface area contributed by atoms with E-state index in [0.717, 1.165) is 57.5 Å². The molecular weight excluding hydrogens is 278 g/mol. The summed E-state index contributed by atoms with van der Waals surface area (Å²) in [5, 5.41) is 3.37. The maximum Gasteiger partial charge on any atom is 0.248 e. The number of amides is 1. The Hall–Kier alpha value is -1.59. The highest BCUT2D eigenvalue weighted by Gasteiger charge is 2.24. The lowest BCUT2D eigenvalue weighted by Crippen LogP contribution is -2.40. The number of hydrogen-bond acceptors (Lipinski definition) is 4. The first-order valence-electron chi connectivity index (χ1n) is 8.23. The molecule has 0 spiro atoms. The molecule has 2 aliphatic rings. The number of benzene rings is 1. The first-order valence-corrected chi connectivity index (χ1v) is 8.23. The molecule has 0 radical (unpaired) electrons. The molecule has 120 valence electrons. The molecular formula is C17H25N3O2. The molecule has 2 aliphatic heterocycles. The number of piperidine rings is 2. The number of anilines is 1. The molecule has 0 unspecified atom stereocenters. The van der Waals surface area contributed by atoms with Crippen LogP contribution in [-0.2, 0) is 4.74 Å². The topological polar surface area (TPSA) is 67.6 Å². The van der Waals surface area contributed by atoms with Crippen LogP contribution in [0.25, 0.3) is 0 Å². The number of primary amides is 1. The summed E-state index contributed by atoms with van der Waals surface area (Å²) >= 11 is 0. The van der Waals surface area contributed by atoms with E-state index in [2.05, 4.69) is 10.2 Å². The summed E-state index contributed by atoms with van der Waals surface area (Å²) in [4.78, 5) is 13.5. The van der Waals surface area contributed by atoms with E-state index in [9.17, 15) is 4.79 Å². The van der Waals surface area contributed by atoms with Gasteiger partial charge in [0.25, 0.3) is 0 Å². The van der Waals surface area contributed by atoms with Crippen molar-refractivity contribution in [3.8, 4) is 0 Å². The van der Waals surface area contributed by atoms with Crippen LogP contribution < -0.4 is 16.0 Å². The SMILES string of the molecule is NC(=O)c1ccc(N2CCC(OC3CCNCC3)CC2)cc1. The second kappa shape index (κ2) is 7.11. The smallest absolute Gasteiger partial charge is 0.248 e. The van der Waals surface area contributed by atoms with E-state index < -0.39 is 0 Å². The summed E-state index contributed by atoms with van der Waals surface area (Å²) in [5.41, 5.74) is 7.00. The van der Waals surface area contributed by atoms with E-state index in [0.29, 0.717) is 17.8 Å². The number of nitrogens with two attached hydrogens (primary N) is 1. The van der Waals surface area contributed by atoms with Crippen LogP contribution in [0.4, 0.5) is 5.69 Å². The number of rotatable bonds is 4. The van der Waals surface area contributed by atoms with E-state index in [1.807, 2.05) is 12.1 Å². The molecule has 0 saturated carbocycles. The summed E-state index contributed by atoms with van der Waals surface area (Å²) in [7, 11) is 0. The van der Waals surface area contributed by atoms with Gasteiger partial charge < -0.3 is 20.7 Å². The van der Waals surface area contributed by atoms with E-state index in [4.69, 9.17) is 10.5 Å². The molecule has 1 amide bonds. The van der Waals surface area contributed by atoms with Crippen LogP contribution >= 0.6 is 0 Å². The minimum atomic E-state index is -0.374. The number of carbonyl (C=O) groups excluding carboxylic acids is 1. The molecule has 1 aromatic rings. The molecule has 2 heterocycles. The van der Waals surface area contributed by atoms with Crippen LogP contribution in [0.3, 0.4) is 0 Å². The first-order chi connectivity index (χ1) is 10.7. The van der Waals surface area contributed by atoms with E-state index in [-0.39, 0.29) is 5.91 Å². The molecule has 22 heavy (non-hydrogen) atoms. The van der Waals surface area contributed by atoms with Gasteiger partial charge in [0.1, 0.15) is 0 Å². The zero-order valence-electron chi connectivity index (χ0n) is 13.0. The van der Waals surface area contributed by atoms with E-state index in [1.165, 1.54) is 0 Å². The van der Waals surface area contributed by atoms with Crippen molar-refractivity contribution in [2.45, 2.75) is 37.9 Å². The highest BCUT2D eigenvalue weighted by molar-refractivity contribution is 5.93. The van der Waals surface area contributed by atoms with Crippen molar-refractivity contribution in [1.82, 2.24) is 5.32 Å². The maximum atomic E-state index is 11.1. The highest BCUT2D eigenvalue weighted by atomic mass is 16.5. The summed E-state index contributed by atoms with van der Waals surface area (Å²) in [6.07, 6.45) is 5.24. The Labute approximate surface area is 131 Å². The van der Waals surface area contributed by atoms with Gasteiger partial charge in [-0.25, -0.2) is 0 Å². The lowest BCUT2D eigenvalue weighted by Gasteiger charge is -2.36. The summed E-state index contributed by atoms with van der Waals surface area (Å²) in [6, 6.07) is 7.56. The number of hydrogen-bond donors (Lipinski definition) is 2. The summed E-state index contributed by atoms with van der Waals surface area (Å²) < 4.78 is 6.24. The molecule has 0 bridgehead atoms. The van der Waals surface area contributed by atoms with Crippen LogP contribution in [-0.4, -0.2) is 44.3 Å². The van der Waals surface area contributed by atoms with Gasteiger partial charge in [0.05, 0.1) is 12.2 Å². The fourth-order valence-electron chi connectivity index (χ4n) is 3.29. The molecule has 5 heteroatoms. The second-order valence-electron chi connectivity index (χ2n) is 6.18. The van der Waals surface area contributed by atoms with Gasteiger partial charge >= 0.3 is 0 Å². The van der Waals surface area contributed by atoms with Crippen molar-refractivity contribution in [3.05, 3.63) is 29.8 Å². The molecule has 0 atom stereocenters. The van der Waals surface area contributed by atoms with Gasteiger partial charge in [-0.05, 0) is 63.0 Å². The molecule has 3 N–H and O–H groups in total. The second-order valence-corrected chi connectivity index (χ2v) is 6.18. The Morgan fingerprint density at radius 2 is 1.64 bits per heavy atom. The van der Waals surface area contributed by atoms with Crippen molar-refractivity contribution < 1.29 is 9.53 Å². The van der Waals surface area contributed by atoms with Gasteiger partial charge in [-0.15, -0.1) is 0 Å². The fourth-order valence-corrected chi connectivity index (χ4v) is 3.29. The Kier molecular flexibility index (Phi) is 4.95. The predicted molar refractivity (Wildman–Crippen MR) is 87.2 cm³/mol. The third-order valence-electron chi connectivity index (χ3n) is 4.63. The van der Waals surface area contributed by atoms with Crippen molar-refractivity contribution in [2.24, 2.45) is 5.73 Å². The molecule has 2 saturated heterocycles. The Morgan fingerprint density at radius 1 is 1.05 bits per heavy atom. The van der Waals surface area contributed by atoms with Gasteiger partial charge in [0, 0.05) is 24.3 Å². The summed E-state index contributed by atoms with van der Waals surface area (Å²) in [5.74, 6) is -0.374. The zero-order valence-corrected chi connectivity index (χ0v) is 13.0. The van der Waals surface area contributed by atoms with Crippen LogP contribution in [0.2, 0.25) is 0 Å². The minimum Gasteiger partial charge on any atom is -0.375 e. The number of nitrogens with one attached hydrogen (secondary N) is 1. The Balaban J connectivity index is 1.49. The third-order valence-corrected chi connectivity index (χ3v) is 4.63. The Morgan fingerprint density at radius 3 is 2.23 bits per heavy atom. The number of ether oxygens (including phenoxy) is 1. The van der Waals surface area contributed by atoms with Crippen LogP contribution in [0.1, 0.15) is 36.0 Å². The van der Waals surface area contributed by atoms with Crippen LogP contribution in [0, 0.1) is 0 Å². The average Bonchev–Trinajstić information content (AvgIpc) is 2.57. The van der Waals surface area contributed by atoms with Crippen LogP contribution in [0.15, 0.2) is 24.3 Å². The largest absolute Gasteiger partial charge is 0.375 e. The quantitative estimate of drug-likeness (QED) is 0.885. The standard InChI is InChI=1S/C17H25N3O2/c18-17(21)13-1-3-14(4-2-13)20-11-7-16(8-12-20)22-15-5-9-19-10-6-15/h1-4,15-16,19H,5-12H2,(H2,18,21). The summed E-state index contributed by atoms with van der Waals surface area (Å²) in [6.45, 7) is 4.17. The first kappa shape index (κ1) is 15.3. The van der Waals surface area contributed by atoms with Crippen molar-refractivity contribution in [1.29, 1.82) is 0 Å². The van der Waals surface area contributed by atoms with Gasteiger partial charge in [0.15, 0.2) is 0 Å². The van der Waals surface area contributed by atoms with Gasteiger partial charge in [-0.1, -0.05) is 0 Å². The zero-order chi connectivity index (χ0) is 15.4. The number of nitrogens with zero attached hydrogens (tertiary/aromatic N) is 1. The van der Waals surface area contributed by atoms with Gasteiger partial charge in [-0.3, -0.25) is 4.79 Å². The van der Waals surface area contributed by atoms with Crippen LogP contribution in [0.5, 0.6) is 0 Å². The third kappa shape index (κ3) is 3.78. The molecule has 0 aliphatic carbocycles. The Bertz CT molecular complexity index is 489. The average molecular weight is 303 g/mol. The number of carbonyl (C=O) groups is 1. The minimum absolute atomic E-state index is 0.374. The molecule has 5 nitrogen and oxygen atoms in total. The fraction of sp³-hybridized carbons (Fsp3) is 0.588. The van der Waals surface area contributed by atoms with E-state index in [1.54, 1.807) is 12.1 Å². The van der Waals surface area contributed by atoms with Gasteiger partial charge in [-0.2, -0.15) is 0 Å². The van der Waals surface area contributed by atoms with Crippen molar-refractivity contribution >= 4 is 11.6 Å². The molecule has 3 rings (SSSR count). The molecule has 2 fully saturated rings. The molecule has 1 aromatic carbocycles. The highest BCUT2D eigenvalue weighted by Crippen LogP contribution is 2.23. The maximum absolute atomic E-state index is 11.1. The lowest BCUT2D eigenvalue weighted by atomic mass is 10.0.